The van der Waals surface area contributed by atoms with Crippen molar-refractivity contribution in [2.45, 2.75) is 0 Å². The molecule has 0 saturated heterocycles. The van der Waals surface area contributed by atoms with Crippen LogP contribution >= 0.6 is 0 Å². The summed E-state index contributed by atoms with van der Waals surface area (Å²) >= 11 is 0. The van der Waals surface area contributed by atoms with Crippen LogP contribution in [0.2, 0.25) is 0 Å². The molecule has 3 rings (SSSR count). The Balaban J connectivity index is 2.00. The summed E-state index contributed by atoms with van der Waals surface area (Å²) < 4.78 is 5.89. The van der Waals surface area contributed by atoms with Crippen molar-refractivity contribution in [2.24, 2.45) is 0 Å². The van der Waals surface area contributed by atoms with Crippen LogP contribution in [0.25, 0.3) is 11.1 Å². The Labute approximate surface area is 117 Å². The molecule has 0 unspecified atom stereocenters. The third-order valence-corrected chi connectivity index (χ3v) is 2.95. The minimum atomic E-state index is 0.237. The maximum atomic E-state index is 9.61. The van der Waals surface area contributed by atoms with Gasteiger partial charge < -0.3 is 9.84 Å². The molecule has 0 aliphatic heterocycles. The maximum Gasteiger partial charge on any atom is 0.135 e. The lowest BCUT2D eigenvalue weighted by atomic mass is 10.0. The van der Waals surface area contributed by atoms with Crippen LogP contribution in [0.3, 0.4) is 0 Å². The maximum absolute atomic E-state index is 9.61. The molecular weight excluding hydrogens is 248 g/mol. The van der Waals surface area contributed by atoms with Crippen LogP contribution in [-0.4, -0.2) is 5.11 Å². The number of phenols is 1. The van der Waals surface area contributed by atoms with Crippen molar-refractivity contribution >= 4 is 0 Å². The molecule has 1 radical (unpaired) electrons. The van der Waals surface area contributed by atoms with Crippen molar-refractivity contribution in [2.75, 3.05) is 0 Å². The summed E-state index contributed by atoms with van der Waals surface area (Å²) in [5.41, 5.74) is 1.83. The molecule has 0 bridgehead atoms. The number of rotatable bonds is 3. The monoisotopic (exact) mass is 261 g/mol. The lowest BCUT2D eigenvalue weighted by Gasteiger charge is -2.11. The number of ether oxygens (including phenoxy) is 1. The van der Waals surface area contributed by atoms with Crippen LogP contribution in [0.15, 0.2) is 72.8 Å². The van der Waals surface area contributed by atoms with Gasteiger partial charge in [-0.15, -0.1) is 0 Å². The van der Waals surface area contributed by atoms with Crippen molar-refractivity contribution in [1.82, 2.24) is 0 Å². The van der Waals surface area contributed by atoms with Crippen molar-refractivity contribution in [1.29, 1.82) is 0 Å². The van der Waals surface area contributed by atoms with Gasteiger partial charge in [0.15, 0.2) is 0 Å². The topological polar surface area (TPSA) is 29.5 Å². The Morgan fingerprint density at radius 1 is 0.900 bits per heavy atom. The molecule has 3 aromatic rings. The number of aromatic hydroxyl groups is 1. The molecule has 0 aliphatic carbocycles. The highest BCUT2D eigenvalue weighted by Crippen LogP contribution is 2.34. The number of phenolic OH excluding ortho intramolecular Hbond substituents is 1. The highest BCUT2D eigenvalue weighted by atomic mass is 16.5. The Morgan fingerprint density at radius 2 is 1.75 bits per heavy atom. The summed E-state index contributed by atoms with van der Waals surface area (Å²) in [6.45, 7) is 0. The van der Waals surface area contributed by atoms with E-state index < -0.39 is 0 Å². The highest BCUT2D eigenvalue weighted by molar-refractivity contribution is 5.71. The van der Waals surface area contributed by atoms with Crippen molar-refractivity contribution < 1.29 is 9.84 Å². The molecule has 0 aromatic heterocycles. The first kappa shape index (κ1) is 12.3. The zero-order chi connectivity index (χ0) is 13.8. The summed E-state index contributed by atoms with van der Waals surface area (Å²) in [5.74, 6) is 1.72. The molecule has 1 N–H and O–H groups in total. The fourth-order valence-electron chi connectivity index (χ4n) is 2.03. The molecule has 2 nitrogen and oxygen atoms in total. The van der Waals surface area contributed by atoms with Crippen molar-refractivity contribution in [3.05, 3.63) is 78.9 Å². The third kappa shape index (κ3) is 2.64. The Kier molecular flexibility index (Phi) is 3.38. The van der Waals surface area contributed by atoms with Crippen molar-refractivity contribution in [3.63, 3.8) is 0 Å². The van der Waals surface area contributed by atoms with Gasteiger partial charge in [-0.2, -0.15) is 0 Å². The fraction of sp³-hybridized carbons (Fsp3) is 0. The first-order chi connectivity index (χ1) is 9.83. The summed E-state index contributed by atoms with van der Waals surface area (Å²) in [4.78, 5) is 0. The second-order valence-corrected chi connectivity index (χ2v) is 4.39. The van der Waals surface area contributed by atoms with E-state index in [2.05, 4.69) is 6.07 Å². The lowest BCUT2D eigenvalue weighted by molar-refractivity contribution is 0.475. The van der Waals surface area contributed by atoms with E-state index in [1.54, 1.807) is 18.2 Å². The van der Waals surface area contributed by atoms with E-state index >= 15 is 0 Å². The molecule has 0 fully saturated rings. The molecular formula is C18H13O2. The molecule has 0 amide bonds. The van der Waals surface area contributed by atoms with Gasteiger partial charge in [0.2, 0.25) is 0 Å². The molecule has 0 saturated carbocycles. The molecule has 0 aliphatic rings. The van der Waals surface area contributed by atoms with Gasteiger partial charge in [0, 0.05) is 5.56 Å². The second kappa shape index (κ2) is 5.49. The smallest absolute Gasteiger partial charge is 0.135 e. The molecule has 2 heteroatoms. The average Bonchev–Trinajstić information content (AvgIpc) is 2.49. The summed E-state index contributed by atoms with van der Waals surface area (Å²) in [5, 5.41) is 9.61. The van der Waals surface area contributed by atoms with Gasteiger partial charge in [-0.05, 0) is 42.0 Å². The zero-order valence-electron chi connectivity index (χ0n) is 10.8. The molecule has 97 valence electrons. The van der Waals surface area contributed by atoms with E-state index in [-0.39, 0.29) is 5.75 Å². The Bertz CT molecular complexity index is 705. The molecule has 0 heterocycles. The van der Waals surface area contributed by atoms with E-state index in [1.165, 1.54) is 0 Å². The largest absolute Gasteiger partial charge is 0.508 e. The quantitative estimate of drug-likeness (QED) is 0.743. The number of hydrogen-bond acceptors (Lipinski definition) is 2. The van der Waals surface area contributed by atoms with Gasteiger partial charge in [-0.3, -0.25) is 0 Å². The summed E-state index contributed by atoms with van der Waals surface area (Å²) in [6, 6.07) is 25.3. The Hall–Kier alpha value is -2.74. The van der Waals surface area contributed by atoms with Gasteiger partial charge in [0.1, 0.15) is 17.2 Å². The van der Waals surface area contributed by atoms with Gasteiger partial charge in [0.05, 0.1) is 0 Å². The molecule has 20 heavy (non-hydrogen) atoms. The average molecular weight is 261 g/mol. The second-order valence-electron chi connectivity index (χ2n) is 4.39. The predicted molar refractivity (Wildman–Crippen MR) is 78.9 cm³/mol. The third-order valence-electron chi connectivity index (χ3n) is 2.95. The van der Waals surface area contributed by atoms with Gasteiger partial charge >= 0.3 is 0 Å². The van der Waals surface area contributed by atoms with Gasteiger partial charge in [-0.25, -0.2) is 0 Å². The van der Waals surface area contributed by atoms with Gasteiger partial charge in [-0.1, -0.05) is 42.5 Å². The summed E-state index contributed by atoms with van der Waals surface area (Å²) in [6.07, 6.45) is 0. The van der Waals surface area contributed by atoms with E-state index in [9.17, 15) is 5.11 Å². The van der Waals surface area contributed by atoms with E-state index in [4.69, 9.17) is 4.74 Å². The van der Waals surface area contributed by atoms with Crippen LogP contribution in [-0.2, 0) is 0 Å². The van der Waals surface area contributed by atoms with Crippen LogP contribution in [0.4, 0.5) is 0 Å². The molecule has 0 atom stereocenters. The minimum absolute atomic E-state index is 0.237. The van der Waals surface area contributed by atoms with Gasteiger partial charge in [0.25, 0.3) is 0 Å². The number of benzene rings is 3. The van der Waals surface area contributed by atoms with Crippen LogP contribution in [0, 0.1) is 6.07 Å². The standard InChI is InChI=1S/C18H13O2/c19-15-8-6-7-14(13-15)17-11-4-5-12-18(17)20-16-9-2-1-3-10-16/h1-4,6-13,19H. The van der Waals surface area contributed by atoms with E-state index in [0.717, 1.165) is 16.9 Å². The van der Waals surface area contributed by atoms with Crippen LogP contribution in [0.5, 0.6) is 17.2 Å². The molecule has 0 spiro atoms. The van der Waals surface area contributed by atoms with Crippen LogP contribution < -0.4 is 4.74 Å². The van der Waals surface area contributed by atoms with Crippen LogP contribution in [0.1, 0.15) is 0 Å². The number of hydrogen-bond donors (Lipinski definition) is 1. The van der Waals surface area contributed by atoms with E-state index in [1.807, 2.05) is 54.6 Å². The predicted octanol–water partition coefficient (Wildman–Crippen LogP) is 4.65. The Morgan fingerprint density at radius 3 is 2.55 bits per heavy atom. The lowest BCUT2D eigenvalue weighted by Crippen LogP contribution is -1.88. The van der Waals surface area contributed by atoms with Crippen molar-refractivity contribution in [3.8, 4) is 28.4 Å². The molecule has 3 aromatic carbocycles. The zero-order valence-corrected chi connectivity index (χ0v) is 10.8. The highest BCUT2D eigenvalue weighted by Gasteiger charge is 2.07. The SMILES string of the molecule is Oc1cccc(-c2cc[c]cc2Oc2ccccc2)c1. The first-order valence-electron chi connectivity index (χ1n) is 6.35. The first-order valence-corrected chi connectivity index (χ1v) is 6.35. The summed E-state index contributed by atoms with van der Waals surface area (Å²) in [7, 11) is 0. The minimum Gasteiger partial charge on any atom is -0.508 e. The fourth-order valence-corrected chi connectivity index (χ4v) is 2.03. The normalized spacial score (nSPS) is 10.2. The van der Waals surface area contributed by atoms with E-state index in [0.29, 0.717) is 5.75 Å². The number of para-hydroxylation sites is 1.